The molecule has 0 saturated carbocycles. The minimum Gasteiger partial charge on any atom is -0.309 e. The van der Waals surface area contributed by atoms with Crippen LogP contribution in [0.1, 0.15) is 19.2 Å². The van der Waals surface area contributed by atoms with Crippen molar-refractivity contribution in [2.75, 3.05) is 0 Å². The quantitative estimate of drug-likeness (QED) is 0.173. The van der Waals surface area contributed by atoms with Gasteiger partial charge in [0, 0.05) is 66.1 Å². The lowest BCUT2D eigenvalue weighted by molar-refractivity contribution is 0.746. The van der Waals surface area contributed by atoms with E-state index in [4.69, 9.17) is 9.97 Å². The van der Waals surface area contributed by atoms with E-state index in [1.165, 1.54) is 65.2 Å². The number of aromatic nitrogens is 6. The van der Waals surface area contributed by atoms with Gasteiger partial charge in [-0.1, -0.05) is 134 Å². The van der Waals surface area contributed by atoms with Crippen LogP contribution in [0.5, 0.6) is 0 Å². The lowest BCUT2D eigenvalue weighted by Gasteiger charge is -2.19. The van der Waals surface area contributed by atoms with Crippen LogP contribution < -0.4 is 0 Å². The Labute approximate surface area is 373 Å². The van der Waals surface area contributed by atoms with Crippen LogP contribution in [-0.4, -0.2) is 28.2 Å². The van der Waals surface area contributed by atoms with E-state index < -0.39 is 0 Å². The summed E-state index contributed by atoms with van der Waals surface area (Å²) in [6.45, 7) is 2.28. The molecule has 6 nitrogen and oxygen atoms in total. The molecule has 1 aliphatic carbocycles. The molecule has 0 bridgehead atoms. The summed E-state index contributed by atoms with van der Waals surface area (Å²) in [5.74, 6) is 2.67. The van der Waals surface area contributed by atoms with Gasteiger partial charge in [-0.15, -0.1) is 0 Å². The van der Waals surface area contributed by atoms with E-state index in [-0.39, 0.29) is 5.92 Å². The molecule has 0 saturated heterocycles. The largest absolute Gasteiger partial charge is 0.309 e. The van der Waals surface area contributed by atoms with Gasteiger partial charge in [0.2, 0.25) is 0 Å². The normalized spacial score (nSPS) is 14.4. The number of hydrogen-bond donors (Lipinski definition) is 0. The molecule has 0 aliphatic heterocycles. The molecular weight excluding hydrogens is 793 g/mol. The van der Waals surface area contributed by atoms with Crippen LogP contribution in [-0.2, 0) is 0 Å². The van der Waals surface area contributed by atoms with Crippen molar-refractivity contribution in [3.8, 4) is 23.0 Å². The van der Waals surface area contributed by atoms with E-state index in [1.54, 1.807) is 0 Å². The minimum atomic E-state index is 0.266. The number of allylic oxidation sites excluding steroid dienone is 4. The van der Waals surface area contributed by atoms with Crippen molar-refractivity contribution in [2.24, 2.45) is 5.92 Å². The number of rotatable bonds is 5. The molecule has 14 rings (SSSR count). The summed E-state index contributed by atoms with van der Waals surface area (Å²) in [7, 11) is 0. The summed E-state index contributed by atoms with van der Waals surface area (Å²) < 4.78 is 9.48. The molecule has 1 aliphatic rings. The van der Waals surface area contributed by atoms with E-state index in [0.29, 0.717) is 0 Å². The first kappa shape index (κ1) is 36.0. The third-order valence-corrected chi connectivity index (χ3v) is 13.8. The summed E-state index contributed by atoms with van der Waals surface area (Å²) in [6.07, 6.45) is 7.53. The standard InChI is InChI=1S/C59H40N6/c1-37-16-2-3-17-40(37)59-60-57(64-53-28-14-8-22-45(53)47-34-38(30-32-55(47)64)62-49-24-10-4-18-41(49)42-19-5-11-25-50(42)62)36-58(61-59)65-54-29-15-9-23-46(54)48-35-39(31-33-56(48)65)63-51-26-12-6-20-43(51)44-21-7-13-27-52(44)63/h2-15,17-37H,16H2,1H3. The van der Waals surface area contributed by atoms with E-state index in [2.05, 4.69) is 231 Å². The van der Waals surface area contributed by atoms with Gasteiger partial charge in [-0.05, 0) is 85.1 Å². The predicted molar refractivity (Wildman–Crippen MR) is 270 cm³/mol. The lowest BCUT2D eigenvalue weighted by atomic mass is 9.93. The molecule has 13 aromatic rings. The van der Waals surface area contributed by atoms with E-state index >= 15 is 0 Å². The highest BCUT2D eigenvalue weighted by Crippen LogP contribution is 2.40. The molecule has 5 aromatic heterocycles. The van der Waals surface area contributed by atoms with Crippen molar-refractivity contribution in [1.82, 2.24) is 28.2 Å². The maximum absolute atomic E-state index is 5.51. The van der Waals surface area contributed by atoms with Crippen LogP contribution in [0.4, 0.5) is 0 Å². The van der Waals surface area contributed by atoms with Gasteiger partial charge in [0.1, 0.15) is 11.6 Å². The van der Waals surface area contributed by atoms with Gasteiger partial charge in [-0.2, -0.15) is 0 Å². The third kappa shape index (κ3) is 5.22. The van der Waals surface area contributed by atoms with Gasteiger partial charge in [0.05, 0.1) is 44.1 Å². The van der Waals surface area contributed by atoms with Crippen LogP contribution in [0.25, 0.3) is 116 Å². The molecule has 306 valence electrons. The highest BCUT2D eigenvalue weighted by molar-refractivity contribution is 6.14. The van der Waals surface area contributed by atoms with Gasteiger partial charge in [0.15, 0.2) is 5.82 Å². The van der Waals surface area contributed by atoms with E-state index in [1.807, 2.05) is 0 Å². The number of hydrogen-bond acceptors (Lipinski definition) is 2. The Morgan fingerprint density at radius 1 is 0.369 bits per heavy atom. The topological polar surface area (TPSA) is 45.5 Å². The second-order valence-electron chi connectivity index (χ2n) is 17.4. The van der Waals surface area contributed by atoms with Gasteiger partial charge in [-0.3, -0.25) is 9.13 Å². The zero-order chi connectivity index (χ0) is 42.8. The molecule has 0 amide bonds. The summed E-state index contributed by atoms with van der Waals surface area (Å²) in [6, 6.07) is 68.3. The Balaban J connectivity index is 1.01. The molecule has 1 atom stereocenters. The van der Waals surface area contributed by atoms with Crippen LogP contribution in [0.3, 0.4) is 0 Å². The summed E-state index contributed by atoms with van der Waals surface area (Å²) in [4.78, 5) is 11.0. The van der Waals surface area contributed by atoms with Crippen molar-refractivity contribution >= 4 is 92.8 Å². The fourth-order valence-electron chi connectivity index (χ4n) is 10.9. The van der Waals surface area contributed by atoms with Crippen LogP contribution >= 0.6 is 0 Å². The minimum absolute atomic E-state index is 0.266. The molecule has 0 N–H and O–H groups in total. The van der Waals surface area contributed by atoms with Crippen LogP contribution in [0.15, 0.2) is 206 Å². The van der Waals surface area contributed by atoms with E-state index in [0.717, 1.165) is 62.9 Å². The Bertz CT molecular complexity index is 3830. The highest BCUT2D eigenvalue weighted by Gasteiger charge is 2.23. The molecule has 0 fully saturated rings. The molecule has 5 heterocycles. The zero-order valence-electron chi connectivity index (χ0n) is 35.6. The highest BCUT2D eigenvalue weighted by atomic mass is 15.1. The van der Waals surface area contributed by atoms with Crippen LogP contribution in [0.2, 0.25) is 0 Å². The Morgan fingerprint density at radius 3 is 1.09 bits per heavy atom. The first-order chi connectivity index (χ1) is 32.2. The Hall–Kier alpha value is -8.48. The maximum atomic E-state index is 5.51. The smallest absolute Gasteiger partial charge is 0.160 e. The molecule has 1 unspecified atom stereocenters. The monoisotopic (exact) mass is 832 g/mol. The average Bonchev–Trinajstić information content (AvgIpc) is 4.09. The molecule has 6 heteroatoms. The number of fused-ring (bicyclic) bond motifs is 12. The summed E-state index contributed by atoms with van der Waals surface area (Å²) in [5, 5.41) is 9.69. The molecule has 0 radical (unpaired) electrons. The fourth-order valence-corrected chi connectivity index (χ4v) is 10.9. The van der Waals surface area contributed by atoms with Gasteiger partial charge >= 0.3 is 0 Å². The average molecular weight is 833 g/mol. The second kappa shape index (κ2) is 13.8. The molecular formula is C59H40N6. The summed E-state index contributed by atoms with van der Waals surface area (Å²) >= 11 is 0. The first-order valence-electron chi connectivity index (χ1n) is 22.5. The Kier molecular flexibility index (Phi) is 7.63. The van der Waals surface area contributed by atoms with Gasteiger partial charge in [0.25, 0.3) is 0 Å². The van der Waals surface area contributed by atoms with Crippen molar-refractivity contribution in [2.45, 2.75) is 13.3 Å². The molecule has 0 spiro atoms. The van der Waals surface area contributed by atoms with Crippen molar-refractivity contribution in [1.29, 1.82) is 0 Å². The number of para-hydroxylation sites is 6. The first-order valence-corrected chi connectivity index (χ1v) is 22.5. The fraction of sp³-hybridized carbons (Fsp3) is 0.0508. The maximum Gasteiger partial charge on any atom is 0.160 e. The van der Waals surface area contributed by atoms with Crippen molar-refractivity contribution < 1.29 is 0 Å². The zero-order valence-corrected chi connectivity index (χ0v) is 35.6. The third-order valence-electron chi connectivity index (χ3n) is 13.8. The van der Waals surface area contributed by atoms with Gasteiger partial charge < -0.3 is 9.13 Å². The number of benzene rings is 8. The number of nitrogens with zero attached hydrogens (tertiary/aromatic N) is 6. The lowest BCUT2D eigenvalue weighted by Crippen LogP contribution is -2.11. The van der Waals surface area contributed by atoms with Crippen molar-refractivity contribution in [3.63, 3.8) is 0 Å². The molecule has 65 heavy (non-hydrogen) atoms. The SMILES string of the molecule is CC1CC=CC=C1c1nc(-n2c3ccccc3c3cc(-n4c5ccccc5c5ccccc54)ccc32)cc(-n2c3ccccc3c3cc(-n4c5ccccc5c5ccccc54)ccc32)n1. The Morgan fingerprint density at radius 2 is 0.708 bits per heavy atom. The second-order valence-corrected chi connectivity index (χ2v) is 17.4. The molecule has 8 aromatic carbocycles. The van der Waals surface area contributed by atoms with Crippen molar-refractivity contribution in [3.05, 3.63) is 212 Å². The van der Waals surface area contributed by atoms with Gasteiger partial charge in [-0.25, -0.2) is 9.97 Å². The van der Waals surface area contributed by atoms with E-state index in [9.17, 15) is 0 Å². The van der Waals surface area contributed by atoms with Crippen LogP contribution in [0, 0.1) is 5.92 Å². The summed E-state index contributed by atoms with van der Waals surface area (Å²) in [5.41, 5.74) is 12.5. The predicted octanol–water partition coefficient (Wildman–Crippen LogP) is 14.8.